The molecule has 0 aromatic rings. The molecule has 2 rings (SSSR count). The molecule has 2 N–H and O–H groups in total. The van der Waals surface area contributed by atoms with E-state index in [4.69, 9.17) is 0 Å². The zero-order chi connectivity index (χ0) is 12.3. The van der Waals surface area contributed by atoms with Crippen molar-refractivity contribution >= 4 is 11.8 Å². The quantitative estimate of drug-likeness (QED) is 0.756. The molecule has 0 aromatic heterocycles. The van der Waals surface area contributed by atoms with Crippen LogP contribution < -0.4 is 10.6 Å². The van der Waals surface area contributed by atoms with E-state index in [0.717, 1.165) is 25.7 Å². The summed E-state index contributed by atoms with van der Waals surface area (Å²) < 4.78 is 0. The van der Waals surface area contributed by atoms with Crippen molar-refractivity contribution in [2.45, 2.75) is 51.5 Å². The first-order chi connectivity index (χ1) is 8.22. The Morgan fingerprint density at radius 3 is 2.41 bits per heavy atom. The third-order valence-corrected chi connectivity index (χ3v) is 3.71. The molecule has 0 aromatic carbocycles. The molecule has 0 spiro atoms. The number of carbonyl (C=O) groups is 2. The lowest BCUT2D eigenvalue weighted by atomic mass is 10.2. The summed E-state index contributed by atoms with van der Waals surface area (Å²) >= 11 is 0. The molecule has 4 nitrogen and oxygen atoms in total. The van der Waals surface area contributed by atoms with Crippen molar-refractivity contribution in [2.75, 3.05) is 6.54 Å². The van der Waals surface area contributed by atoms with Crippen molar-refractivity contribution in [2.24, 2.45) is 11.8 Å². The molecule has 2 saturated carbocycles. The summed E-state index contributed by atoms with van der Waals surface area (Å²) in [6, 6.07) is 0.363. The van der Waals surface area contributed by atoms with Gasteiger partial charge in [0.1, 0.15) is 0 Å². The Labute approximate surface area is 103 Å². The molecule has 96 valence electrons. The Balaban J connectivity index is 1.70. The highest BCUT2D eigenvalue weighted by atomic mass is 16.2. The largest absolute Gasteiger partial charge is 0.356 e. The monoisotopic (exact) mass is 238 g/mol. The molecule has 2 unspecified atom stereocenters. The summed E-state index contributed by atoms with van der Waals surface area (Å²) in [4.78, 5) is 23.5. The van der Waals surface area contributed by atoms with E-state index in [1.54, 1.807) is 0 Å². The molecule has 4 heteroatoms. The topological polar surface area (TPSA) is 58.2 Å². The van der Waals surface area contributed by atoms with E-state index in [-0.39, 0.29) is 23.7 Å². The van der Waals surface area contributed by atoms with Crippen LogP contribution in [0.25, 0.3) is 0 Å². The van der Waals surface area contributed by atoms with Crippen molar-refractivity contribution in [3.8, 4) is 0 Å². The second-order valence-corrected chi connectivity index (χ2v) is 5.23. The Morgan fingerprint density at radius 1 is 1.12 bits per heavy atom. The van der Waals surface area contributed by atoms with Crippen molar-refractivity contribution in [3.63, 3.8) is 0 Å². The van der Waals surface area contributed by atoms with E-state index in [9.17, 15) is 9.59 Å². The molecule has 0 aliphatic heterocycles. The zero-order valence-electron chi connectivity index (χ0n) is 10.5. The van der Waals surface area contributed by atoms with Gasteiger partial charge in [-0.25, -0.2) is 0 Å². The van der Waals surface area contributed by atoms with Crippen molar-refractivity contribution in [3.05, 3.63) is 0 Å². The van der Waals surface area contributed by atoms with Gasteiger partial charge in [0, 0.05) is 12.6 Å². The van der Waals surface area contributed by atoms with Crippen LogP contribution in [0.5, 0.6) is 0 Å². The molecule has 0 radical (unpaired) electrons. The Bertz CT molecular complexity index is 298. The van der Waals surface area contributed by atoms with Crippen molar-refractivity contribution in [1.82, 2.24) is 10.6 Å². The lowest BCUT2D eigenvalue weighted by Gasteiger charge is -2.11. The molecule has 2 aliphatic carbocycles. The van der Waals surface area contributed by atoms with Gasteiger partial charge in [0.2, 0.25) is 11.8 Å². The van der Waals surface area contributed by atoms with E-state index < -0.39 is 0 Å². The average Bonchev–Trinajstić information content (AvgIpc) is 2.98. The number of amides is 2. The Hall–Kier alpha value is -1.06. The van der Waals surface area contributed by atoms with Gasteiger partial charge in [-0.1, -0.05) is 19.8 Å². The van der Waals surface area contributed by atoms with Gasteiger partial charge in [0.15, 0.2) is 0 Å². The zero-order valence-corrected chi connectivity index (χ0v) is 10.5. The lowest BCUT2D eigenvalue weighted by Crippen LogP contribution is -2.35. The number of rotatable bonds is 5. The third-order valence-electron chi connectivity index (χ3n) is 3.71. The van der Waals surface area contributed by atoms with Crippen LogP contribution in [0.1, 0.15) is 45.4 Å². The second kappa shape index (κ2) is 5.52. The highest BCUT2D eigenvalue weighted by Crippen LogP contribution is 2.39. The third kappa shape index (κ3) is 3.20. The summed E-state index contributed by atoms with van der Waals surface area (Å²) in [5.41, 5.74) is 0. The van der Waals surface area contributed by atoms with Crippen LogP contribution >= 0.6 is 0 Å². The average molecular weight is 238 g/mol. The van der Waals surface area contributed by atoms with Gasteiger partial charge in [0.25, 0.3) is 0 Å². The lowest BCUT2D eigenvalue weighted by molar-refractivity contribution is -0.127. The van der Waals surface area contributed by atoms with Gasteiger partial charge in [0.05, 0.1) is 11.8 Å². The van der Waals surface area contributed by atoms with Gasteiger partial charge in [-0.05, 0) is 25.7 Å². The van der Waals surface area contributed by atoms with Crippen LogP contribution in [0.2, 0.25) is 0 Å². The van der Waals surface area contributed by atoms with E-state index in [2.05, 4.69) is 10.6 Å². The van der Waals surface area contributed by atoms with Crippen LogP contribution in [-0.4, -0.2) is 24.4 Å². The molecular weight excluding hydrogens is 216 g/mol. The highest BCUT2D eigenvalue weighted by Gasteiger charge is 2.48. The number of hydrogen-bond donors (Lipinski definition) is 2. The molecule has 17 heavy (non-hydrogen) atoms. The first-order valence-corrected chi connectivity index (χ1v) is 6.80. The van der Waals surface area contributed by atoms with Gasteiger partial charge in [-0.15, -0.1) is 0 Å². The predicted octanol–water partition coefficient (Wildman–Crippen LogP) is 1.21. The first-order valence-electron chi connectivity index (χ1n) is 6.80. The summed E-state index contributed by atoms with van der Waals surface area (Å²) in [5.74, 6) is 0.0161. The Kier molecular flexibility index (Phi) is 4.02. The fraction of sp³-hybridized carbons (Fsp3) is 0.846. The van der Waals surface area contributed by atoms with Crippen LogP contribution in [0, 0.1) is 11.8 Å². The van der Waals surface area contributed by atoms with Gasteiger partial charge >= 0.3 is 0 Å². The molecule has 2 amide bonds. The SMILES string of the molecule is CCCNC(=O)C1CC1C(=O)NC1CCCC1. The molecule has 2 atom stereocenters. The predicted molar refractivity (Wildman–Crippen MR) is 65.3 cm³/mol. The van der Waals surface area contributed by atoms with E-state index >= 15 is 0 Å². The maximum atomic E-state index is 11.9. The van der Waals surface area contributed by atoms with E-state index in [0.29, 0.717) is 12.6 Å². The smallest absolute Gasteiger partial charge is 0.224 e. The fourth-order valence-electron chi connectivity index (χ4n) is 2.53. The van der Waals surface area contributed by atoms with Gasteiger partial charge < -0.3 is 10.6 Å². The first kappa shape index (κ1) is 12.4. The van der Waals surface area contributed by atoms with Gasteiger partial charge in [-0.3, -0.25) is 9.59 Å². The van der Waals surface area contributed by atoms with Crippen LogP contribution in [0.4, 0.5) is 0 Å². The normalized spacial score (nSPS) is 27.8. The van der Waals surface area contributed by atoms with Crippen LogP contribution in [-0.2, 0) is 9.59 Å². The summed E-state index contributed by atoms with van der Waals surface area (Å²) in [6.07, 6.45) is 6.31. The molecule has 0 saturated heterocycles. The fourth-order valence-corrected chi connectivity index (χ4v) is 2.53. The molecular formula is C13H22N2O2. The van der Waals surface area contributed by atoms with Crippen molar-refractivity contribution < 1.29 is 9.59 Å². The molecule has 2 fully saturated rings. The highest BCUT2D eigenvalue weighted by molar-refractivity contribution is 5.92. The van der Waals surface area contributed by atoms with E-state index in [1.165, 1.54) is 12.8 Å². The minimum absolute atomic E-state index is 0.0541. The summed E-state index contributed by atoms with van der Waals surface area (Å²) in [6.45, 7) is 2.74. The number of nitrogens with one attached hydrogen (secondary N) is 2. The second-order valence-electron chi connectivity index (χ2n) is 5.23. The summed E-state index contributed by atoms with van der Waals surface area (Å²) in [5, 5.41) is 5.92. The Morgan fingerprint density at radius 2 is 1.76 bits per heavy atom. The maximum Gasteiger partial charge on any atom is 0.224 e. The number of carbonyl (C=O) groups excluding carboxylic acids is 2. The summed E-state index contributed by atoms with van der Waals surface area (Å²) in [7, 11) is 0. The molecule has 0 bridgehead atoms. The standard InChI is InChI=1S/C13H22N2O2/c1-2-7-14-12(16)10-8-11(10)13(17)15-9-5-3-4-6-9/h9-11H,2-8H2,1H3,(H,14,16)(H,15,17). The molecule has 0 heterocycles. The maximum absolute atomic E-state index is 11.9. The molecule has 2 aliphatic rings. The van der Waals surface area contributed by atoms with Gasteiger partial charge in [-0.2, -0.15) is 0 Å². The number of hydrogen-bond acceptors (Lipinski definition) is 2. The van der Waals surface area contributed by atoms with Crippen LogP contribution in [0.15, 0.2) is 0 Å². The minimum atomic E-state index is -0.0667. The van der Waals surface area contributed by atoms with Crippen LogP contribution in [0.3, 0.4) is 0 Å². The van der Waals surface area contributed by atoms with Crippen molar-refractivity contribution in [1.29, 1.82) is 0 Å². The minimum Gasteiger partial charge on any atom is -0.356 e. The van der Waals surface area contributed by atoms with E-state index in [1.807, 2.05) is 6.92 Å².